The molecule has 0 aliphatic heterocycles. The maximum Gasteiger partial charge on any atom is 0.324 e. The van der Waals surface area contributed by atoms with Gasteiger partial charge in [0.15, 0.2) is 0 Å². The van der Waals surface area contributed by atoms with Gasteiger partial charge in [0.25, 0.3) is 0 Å². The van der Waals surface area contributed by atoms with Crippen molar-refractivity contribution in [1.29, 1.82) is 5.26 Å². The quantitative estimate of drug-likeness (QED) is 0.687. The first-order valence-electron chi connectivity index (χ1n) is 5.25. The highest BCUT2D eigenvalue weighted by Crippen LogP contribution is 2.25. The number of rotatable bonds is 4. The van der Waals surface area contributed by atoms with Crippen molar-refractivity contribution < 1.29 is 4.92 Å². The average Bonchev–Trinajstić information content (AvgIpc) is 2.85. The normalized spacial score (nSPS) is 9.89. The molecule has 0 bridgehead atoms. The zero-order valence-corrected chi connectivity index (χ0v) is 11.2. The van der Waals surface area contributed by atoms with Crippen LogP contribution in [0.1, 0.15) is 11.1 Å². The molecule has 2 rings (SSSR count). The van der Waals surface area contributed by atoms with Crippen molar-refractivity contribution in [1.82, 2.24) is 0 Å². The van der Waals surface area contributed by atoms with Gasteiger partial charge in [0.1, 0.15) is 6.07 Å². The summed E-state index contributed by atoms with van der Waals surface area (Å²) in [5.41, 5.74) is 1.89. The molecule has 0 aliphatic carbocycles. The summed E-state index contributed by atoms with van der Waals surface area (Å²) in [6.07, 6.45) is 0. The average molecular weight is 294 g/mol. The van der Waals surface area contributed by atoms with Gasteiger partial charge in [0.2, 0.25) is 0 Å². The molecule has 0 unspecified atom stereocenters. The van der Waals surface area contributed by atoms with E-state index in [4.69, 9.17) is 16.9 Å². The van der Waals surface area contributed by atoms with Gasteiger partial charge >= 0.3 is 5.00 Å². The van der Waals surface area contributed by atoms with Crippen LogP contribution in [0.2, 0.25) is 5.02 Å². The fraction of sp³-hybridized carbons (Fsp3) is 0.0833. The Hall–Kier alpha value is -2.10. The van der Waals surface area contributed by atoms with Gasteiger partial charge in [-0.25, -0.2) is 0 Å². The second-order valence-corrected chi connectivity index (χ2v) is 5.03. The molecule has 0 radical (unpaired) electrons. The number of nitro groups is 1. The Bertz CT molecular complexity index is 663. The first-order valence-corrected chi connectivity index (χ1v) is 6.51. The van der Waals surface area contributed by atoms with Crippen molar-refractivity contribution in [2.45, 2.75) is 6.54 Å². The van der Waals surface area contributed by atoms with Crippen LogP contribution < -0.4 is 5.32 Å². The SMILES string of the molecule is N#Cc1ccc(Cl)cc1NCc1csc([N+](=O)[O-])c1. The van der Waals surface area contributed by atoms with Crippen LogP contribution in [0.5, 0.6) is 0 Å². The van der Waals surface area contributed by atoms with Crippen molar-refractivity contribution in [2.24, 2.45) is 0 Å². The van der Waals surface area contributed by atoms with Gasteiger partial charge < -0.3 is 5.32 Å². The summed E-state index contributed by atoms with van der Waals surface area (Å²) in [6.45, 7) is 0.402. The first kappa shape index (κ1) is 13.3. The van der Waals surface area contributed by atoms with Crippen molar-refractivity contribution >= 4 is 33.6 Å². The predicted octanol–water partition coefficient (Wildman–Crippen LogP) is 3.79. The van der Waals surface area contributed by atoms with Gasteiger partial charge in [0, 0.05) is 23.0 Å². The first-order chi connectivity index (χ1) is 9.10. The number of hydrogen-bond acceptors (Lipinski definition) is 5. The van der Waals surface area contributed by atoms with Crippen LogP contribution in [0, 0.1) is 21.4 Å². The lowest BCUT2D eigenvalue weighted by atomic mass is 10.2. The minimum Gasteiger partial charge on any atom is -0.380 e. The van der Waals surface area contributed by atoms with Gasteiger partial charge in [-0.3, -0.25) is 10.1 Å². The van der Waals surface area contributed by atoms with E-state index in [9.17, 15) is 10.1 Å². The number of benzene rings is 1. The van der Waals surface area contributed by atoms with Gasteiger partial charge in [-0.05, 0) is 23.8 Å². The zero-order valence-electron chi connectivity index (χ0n) is 9.59. The molecule has 0 fully saturated rings. The van der Waals surface area contributed by atoms with E-state index in [-0.39, 0.29) is 5.00 Å². The third-order valence-corrected chi connectivity index (χ3v) is 3.57. The predicted molar refractivity (Wildman–Crippen MR) is 74.5 cm³/mol. The van der Waals surface area contributed by atoms with Crippen LogP contribution in [-0.4, -0.2) is 4.92 Å². The minimum atomic E-state index is -0.422. The molecule has 2 aromatic rings. The van der Waals surface area contributed by atoms with E-state index in [0.717, 1.165) is 16.9 Å². The zero-order chi connectivity index (χ0) is 13.8. The Kier molecular flexibility index (Phi) is 4.00. The highest BCUT2D eigenvalue weighted by atomic mass is 35.5. The third kappa shape index (κ3) is 3.22. The molecule has 0 atom stereocenters. The van der Waals surface area contributed by atoms with E-state index in [0.29, 0.717) is 22.8 Å². The van der Waals surface area contributed by atoms with Crippen molar-refractivity contribution in [3.8, 4) is 6.07 Å². The third-order valence-electron chi connectivity index (χ3n) is 2.40. The standard InChI is InChI=1S/C12H8ClN3O2S/c13-10-2-1-9(5-14)11(4-10)15-6-8-3-12(16(17)18)19-7-8/h1-4,7,15H,6H2. The van der Waals surface area contributed by atoms with Gasteiger partial charge in [-0.15, -0.1) is 0 Å². The second-order valence-electron chi connectivity index (χ2n) is 3.71. The molecule has 96 valence electrons. The van der Waals surface area contributed by atoms with Crippen molar-refractivity contribution in [3.63, 3.8) is 0 Å². The molecular formula is C12H8ClN3O2S. The number of anilines is 1. The summed E-state index contributed by atoms with van der Waals surface area (Å²) < 4.78 is 0. The Morgan fingerprint density at radius 3 is 2.89 bits per heavy atom. The largest absolute Gasteiger partial charge is 0.380 e. The molecule has 7 heteroatoms. The smallest absolute Gasteiger partial charge is 0.324 e. The van der Waals surface area contributed by atoms with Crippen molar-refractivity contribution in [3.05, 3.63) is 55.9 Å². The fourth-order valence-electron chi connectivity index (χ4n) is 1.51. The van der Waals surface area contributed by atoms with E-state index in [1.165, 1.54) is 6.07 Å². The highest BCUT2D eigenvalue weighted by molar-refractivity contribution is 7.13. The molecule has 0 saturated heterocycles. The summed E-state index contributed by atoms with van der Waals surface area (Å²) in [4.78, 5) is 10.1. The van der Waals surface area contributed by atoms with Crippen LogP contribution in [0.4, 0.5) is 10.7 Å². The molecule has 1 aromatic carbocycles. The van der Waals surface area contributed by atoms with E-state index in [1.807, 2.05) is 0 Å². The molecule has 19 heavy (non-hydrogen) atoms. The molecule has 0 spiro atoms. The number of nitriles is 1. The monoisotopic (exact) mass is 293 g/mol. The Balaban J connectivity index is 2.12. The summed E-state index contributed by atoms with van der Waals surface area (Å²) >= 11 is 6.94. The molecule has 0 amide bonds. The molecule has 1 heterocycles. The Morgan fingerprint density at radius 2 is 2.26 bits per heavy atom. The molecule has 0 aliphatic rings. The maximum absolute atomic E-state index is 10.6. The number of halogens is 1. The van der Waals surface area contributed by atoms with Crippen LogP contribution in [0.25, 0.3) is 0 Å². The Labute approximate surface area is 118 Å². The minimum absolute atomic E-state index is 0.100. The summed E-state index contributed by atoms with van der Waals surface area (Å²) in [6, 6.07) is 8.48. The fourth-order valence-corrected chi connectivity index (χ4v) is 2.41. The van der Waals surface area contributed by atoms with Crippen LogP contribution in [0.15, 0.2) is 29.6 Å². The molecule has 1 N–H and O–H groups in total. The lowest BCUT2D eigenvalue weighted by molar-refractivity contribution is -0.380. The lowest BCUT2D eigenvalue weighted by Crippen LogP contribution is -2.00. The number of hydrogen-bond donors (Lipinski definition) is 1. The molecule has 1 aromatic heterocycles. The van der Waals surface area contributed by atoms with Crippen LogP contribution in [-0.2, 0) is 6.54 Å². The van der Waals surface area contributed by atoms with E-state index < -0.39 is 4.92 Å². The van der Waals surface area contributed by atoms with Crippen LogP contribution in [0.3, 0.4) is 0 Å². The topological polar surface area (TPSA) is 79.0 Å². The van der Waals surface area contributed by atoms with Gasteiger partial charge in [0.05, 0.1) is 16.2 Å². The number of nitrogens with zero attached hydrogens (tertiary/aromatic N) is 2. The molecule has 0 saturated carbocycles. The summed E-state index contributed by atoms with van der Waals surface area (Å²) in [7, 11) is 0. The summed E-state index contributed by atoms with van der Waals surface area (Å²) in [5, 5.41) is 24.9. The molecular weight excluding hydrogens is 286 g/mol. The lowest BCUT2D eigenvalue weighted by Gasteiger charge is -2.07. The molecule has 5 nitrogen and oxygen atoms in total. The van der Waals surface area contributed by atoms with Crippen molar-refractivity contribution in [2.75, 3.05) is 5.32 Å². The second kappa shape index (κ2) is 5.69. The van der Waals surface area contributed by atoms with E-state index in [2.05, 4.69) is 11.4 Å². The van der Waals surface area contributed by atoms with Gasteiger partial charge in [-0.1, -0.05) is 22.9 Å². The van der Waals surface area contributed by atoms with E-state index >= 15 is 0 Å². The maximum atomic E-state index is 10.6. The number of thiophene rings is 1. The van der Waals surface area contributed by atoms with Gasteiger partial charge in [-0.2, -0.15) is 5.26 Å². The number of nitrogens with one attached hydrogen (secondary N) is 1. The van der Waals surface area contributed by atoms with E-state index in [1.54, 1.807) is 23.6 Å². The highest BCUT2D eigenvalue weighted by Gasteiger charge is 2.10. The van der Waals surface area contributed by atoms with Crippen LogP contribution >= 0.6 is 22.9 Å². The Morgan fingerprint density at radius 1 is 1.47 bits per heavy atom. The summed E-state index contributed by atoms with van der Waals surface area (Å²) in [5.74, 6) is 0.